The first kappa shape index (κ1) is 49.0. The maximum absolute atomic E-state index is 14.3. The van der Waals surface area contributed by atoms with Crippen LogP contribution in [0.1, 0.15) is 68.7 Å². The molecular formula is C42H56N10O10S2. The van der Waals surface area contributed by atoms with Crippen molar-refractivity contribution >= 4 is 62.7 Å². The minimum Gasteiger partial charge on any atom is -0.449 e. The van der Waals surface area contributed by atoms with Crippen LogP contribution in [0.5, 0.6) is 0 Å². The first-order valence-corrected chi connectivity index (χ1v) is 23.6. The number of nitrogens with two attached hydrogens (primary N) is 2. The first-order chi connectivity index (χ1) is 30.6. The zero-order chi connectivity index (χ0) is 46.4. The topological polar surface area (TPSA) is 310 Å². The van der Waals surface area contributed by atoms with E-state index in [9.17, 15) is 37.2 Å². The lowest BCUT2D eigenvalue weighted by molar-refractivity contribution is -0.141. The van der Waals surface area contributed by atoms with Crippen molar-refractivity contribution in [3.63, 3.8) is 0 Å². The number of H-pyrrole nitrogens is 1. The van der Waals surface area contributed by atoms with Gasteiger partial charge >= 0.3 is 6.09 Å². The molecule has 346 valence electrons. The van der Waals surface area contributed by atoms with Gasteiger partial charge in [0, 0.05) is 43.1 Å². The molecule has 64 heavy (non-hydrogen) atoms. The lowest BCUT2D eigenvalue weighted by Gasteiger charge is -2.31. The summed E-state index contributed by atoms with van der Waals surface area (Å²) in [4.78, 5) is 93.9. The van der Waals surface area contributed by atoms with E-state index < -0.39 is 87.3 Å². The number of nitrogens with zero attached hydrogens (tertiary/aromatic N) is 3. The number of carbonyl (C=O) groups excluding carboxylic acids is 6. The molecule has 1 aliphatic heterocycles. The number of aromatic amines is 1. The highest BCUT2D eigenvalue weighted by Crippen LogP contribution is 2.44. The number of likely N-dealkylation sites (tertiary alicyclic amines) is 1. The Balaban J connectivity index is 1.25. The Morgan fingerprint density at radius 3 is 2.31 bits per heavy atom. The maximum atomic E-state index is 14.3. The molecule has 5 rings (SSSR count). The summed E-state index contributed by atoms with van der Waals surface area (Å²) in [5.74, 6) is -4.26. The van der Waals surface area contributed by atoms with Gasteiger partial charge in [0.1, 0.15) is 30.8 Å². The van der Waals surface area contributed by atoms with Gasteiger partial charge < -0.3 is 47.4 Å². The molecule has 1 aliphatic carbocycles. The summed E-state index contributed by atoms with van der Waals surface area (Å²) in [6, 6.07) is 11.3. The van der Waals surface area contributed by atoms with E-state index in [1.807, 2.05) is 55.5 Å². The molecule has 3 aromatic rings. The van der Waals surface area contributed by atoms with E-state index in [1.165, 1.54) is 17.4 Å². The largest absolute Gasteiger partial charge is 0.449 e. The SMILES string of the molecule is CC[C@H](C)[C@H](NC(=O)[C@@H]1CCCN1C(=O)[C@H](Cc1cnc[nH]1)NC(=O)OCC1c2ccccc2-c2ccccc21)C(=O)N[C@H](CCCN=C(N)N)C(=O)NCC(=O)SCCS(=O)(=O)O. The summed E-state index contributed by atoms with van der Waals surface area (Å²) < 4.78 is 36.7. The minimum absolute atomic E-state index is 0.0211. The van der Waals surface area contributed by atoms with Gasteiger partial charge in [-0.2, -0.15) is 8.42 Å². The van der Waals surface area contributed by atoms with Crippen LogP contribution in [-0.2, 0) is 45.2 Å². The summed E-state index contributed by atoms with van der Waals surface area (Å²) >= 11 is 0.604. The van der Waals surface area contributed by atoms with Crippen LogP contribution in [0.4, 0.5) is 4.79 Å². The number of ether oxygens (including phenoxy) is 1. The second-order valence-corrected chi connectivity index (χ2v) is 18.3. The molecule has 2 heterocycles. The lowest BCUT2D eigenvalue weighted by atomic mass is 9.97. The molecule has 22 heteroatoms. The van der Waals surface area contributed by atoms with Crippen LogP contribution in [0, 0.1) is 5.92 Å². The summed E-state index contributed by atoms with van der Waals surface area (Å²) in [5.41, 5.74) is 15.6. The molecule has 10 N–H and O–H groups in total. The first-order valence-electron chi connectivity index (χ1n) is 21.0. The molecule has 2 aliphatic rings. The molecule has 1 aromatic heterocycles. The summed E-state index contributed by atoms with van der Waals surface area (Å²) in [5, 5.41) is 10.1. The van der Waals surface area contributed by atoms with E-state index in [-0.39, 0.29) is 63.0 Å². The fraction of sp³-hybridized carbons (Fsp3) is 0.476. The quantitative estimate of drug-likeness (QED) is 0.0304. The zero-order valence-corrected chi connectivity index (χ0v) is 37.3. The van der Waals surface area contributed by atoms with Gasteiger partial charge in [0.25, 0.3) is 10.1 Å². The number of rotatable bonds is 22. The average Bonchev–Trinajstić information content (AvgIpc) is 4.04. The van der Waals surface area contributed by atoms with Crippen molar-refractivity contribution in [1.29, 1.82) is 0 Å². The fourth-order valence-electron chi connectivity index (χ4n) is 7.68. The highest BCUT2D eigenvalue weighted by Gasteiger charge is 2.40. The minimum atomic E-state index is -4.28. The number of nitrogens with one attached hydrogen (secondary N) is 5. The number of aromatic nitrogens is 2. The van der Waals surface area contributed by atoms with Crippen LogP contribution < -0.4 is 32.7 Å². The molecule has 0 saturated carbocycles. The molecular weight excluding hydrogens is 869 g/mol. The number of carbonyl (C=O) groups is 6. The molecule has 1 saturated heterocycles. The number of aliphatic imine (C=N–C) groups is 1. The van der Waals surface area contributed by atoms with Crippen molar-refractivity contribution in [3.8, 4) is 11.1 Å². The predicted octanol–water partition coefficient (Wildman–Crippen LogP) is 1.18. The van der Waals surface area contributed by atoms with Crippen LogP contribution in [0.2, 0.25) is 0 Å². The van der Waals surface area contributed by atoms with E-state index in [0.717, 1.165) is 22.3 Å². The third kappa shape index (κ3) is 13.7. The summed E-state index contributed by atoms with van der Waals surface area (Å²) in [7, 11) is -4.28. The van der Waals surface area contributed by atoms with Gasteiger partial charge in [0.15, 0.2) is 5.96 Å². The Morgan fingerprint density at radius 2 is 1.69 bits per heavy atom. The number of hydrogen-bond acceptors (Lipinski definition) is 12. The monoisotopic (exact) mass is 924 g/mol. The number of alkyl carbamates (subject to hydrolysis) is 1. The van der Waals surface area contributed by atoms with Crippen molar-refractivity contribution in [2.24, 2.45) is 22.4 Å². The fourth-order valence-corrected chi connectivity index (χ4v) is 9.26. The maximum Gasteiger partial charge on any atom is 0.407 e. The Kier molecular flexibility index (Phi) is 17.7. The van der Waals surface area contributed by atoms with Crippen LogP contribution in [-0.4, -0.2) is 131 Å². The van der Waals surface area contributed by atoms with Gasteiger partial charge in [0.05, 0.1) is 18.6 Å². The number of guanidine groups is 1. The molecule has 0 radical (unpaired) electrons. The van der Waals surface area contributed by atoms with Crippen molar-refractivity contribution < 1.29 is 46.5 Å². The molecule has 0 bridgehead atoms. The van der Waals surface area contributed by atoms with Crippen molar-refractivity contribution in [1.82, 2.24) is 36.1 Å². The van der Waals surface area contributed by atoms with Gasteiger partial charge in [-0.15, -0.1) is 0 Å². The predicted molar refractivity (Wildman–Crippen MR) is 239 cm³/mol. The smallest absolute Gasteiger partial charge is 0.407 e. The standard InChI is InChI=1S/C42H56N10O10S2/c1-3-25(2)36(39(56)49-32(14-8-16-46-41(43)44)37(54)47-22-35(53)63-18-19-64(59,60)61)51-38(55)34-15-9-17-52(34)40(57)33(20-26-21-45-24-48-26)50-42(58)62-23-31-29-12-6-4-10-27(29)28-11-5-7-13-30(28)31/h4-7,10-13,21,24-25,31-34,36H,3,8-9,14-20,22-23H2,1-2H3,(H,45,48)(H,47,54)(H,49,56)(H,50,58)(H,51,55)(H4,43,44,46)(H,59,60,61)/t25-,32+,33-,34-,36-/m0/s1. The number of imidazole rings is 1. The van der Waals surface area contributed by atoms with Crippen LogP contribution in [0.25, 0.3) is 11.1 Å². The highest BCUT2D eigenvalue weighted by molar-refractivity contribution is 8.14. The molecule has 0 unspecified atom stereocenters. The molecule has 5 amide bonds. The highest BCUT2D eigenvalue weighted by atomic mass is 32.2. The lowest BCUT2D eigenvalue weighted by Crippen LogP contribution is -2.59. The van der Waals surface area contributed by atoms with E-state index in [0.29, 0.717) is 30.3 Å². The van der Waals surface area contributed by atoms with Crippen LogP contribution >= 0.6 is 11.8 Å². The molecule has 5 atom stereocenters. The van der Waals surface area contributed by atoms with Gasteiger partial charge in [-0.25, -0.2) is 9.78 Å². The van der Waals surface area contributed by atoms with Crippen LogP contribution in [0.15, 0.2) is 66.0 Å². The second-order valence-electron chi connectivity index (χ2n) is 15.6. The number of fused-ring (bicyclic) bond motifs is 3. The number of hydrogen-bond donors (Lipinski definition) is 8. The summed E-state index contributed by atoms with van der Waals surface area (Å²) in [6.45, 7) is 3.42. The summed E-state index contributed by atoms with van der Waals surface area (Å²) in [6.07, 6.45) is 3.66. The van der Waals surface area contributed by atoms with Crippen molar-refractivity contribution in [3.05, 3.63) is 77.9 Å². The molecule has 0 spiro atoms. The average molecular weight is 925 g/mol. The third-order valence-electron chi connectivity index (χ3n) is 11.1. The van der Waals surface area contributed by atoms with E-state index in [2.05, 4.69) is 36.2 Å². The van der Waals surface area contributed by atoms with Crippen molar-refractivity contribution in [2.45, 2.75) is 82.5 Å². The van der Waals surface area contributed by atoms with Gasteiger partial charge in [-0.3, -0.25) is 33.5 Å². The molecule has 20 nitrogen and oxygen atoms in total. The third-order valence-corrected chi connectivity index (χ3v) is 13.0. The molecule has 2 aromatic carbocycles. The van der Waals surface area contributed by atoms with E-state index in [4.69, 9.17) is 20.8 Å². The van der Waals surface area contributed by atoms with Crippen molar-refractivity contribution in [2.75, 3.05) is 37.7 Å². The Hall–Kier alpha value is -6.00. The van der Waals surface area contributed by atoms with Gasteiger partial charge in [-0.1, -0.05) is 80.6 Å². The molecule has 1 fully saturated rings. The van der Waals surface area contributed by atoms with Crippen LogP contribution in [0.3, 0.4) is 0 Å². The van der Waals surface area contributed by atoms with Gasteiger partial charge in [0.2, 0.25) is 28.7 Å². The Labute approximate surface area is 375 Å². The van der Waals surface area contributed by atoms with Gasteiger partial charge in [-0.05, 0) is 53.9 Å². The second kappa shape index (κ2) is 23.1. The van der Waals surface area contributed by atoms with E-state index >= 15 is 0 Å². The number of benzene rings is 2. The van der Waals surface area contributed by atoms with E-state index in [1.54, 1.807) is 6.92 Å². The normalized spacial score (nSPS) is 16.3. The Bertz CT molecular complexity index is 2230. The number of thioether (sulfide) groups is 1. The number of amides is 5. The zero-order valence-electron chi connectivity index (χ0n) is 35.7. The Morgan fingerprint density at radius 1 is 1.00 bits per heavy atom.